The summed E-state index contributed by atoms with van der Waals surface area (Å²) in [6, 6.07) is 4.34. The van der Waals surface area contributed by atoms with Crippen LogP contribution in [0.3, 0.4) is 0 Å². The molecule has 4 rings (SSSR count). The highest BCUT2D eigenvalue weighted by molar-refractivity contribution is 5.65. The number of ether oxygens (including phenoxy) is 1. The van der Waals surface area contributed by atoms with Crippen molar-refractivity contribution in [2.24, 2.45) is 7.05 Å². The second-order valence-electron chi connectivity index (χ2n) is 7.99. The molecule has 0 aliphatic heterocycles. The Kier molecular flexibility index (Phi) is 5.88. The van der Waals surface area contributed by atoms with Crippen LogP contribution in [0, 0.1) is 0 Å². The Labute approximate surface area is 176 Å². The smallest absolute Gasteiger partial charge is 0.273 e. The number of pyridine rings is 2. The van der Waals surface area contributed by atoms with Crippen molar-refractivity contribution in [2.45, 2.75) is 51.1 Å². The molecule has 0 radical (unpaired) electrons. The molecule has 7 heteroatoms. The zero-order chi connectivity index (χ0) is 21.1. The van der Waals surface area contributed by atoms with Crippen molar-refractivity contribution >= 4 is 5.69 Å². The first kappa shape index (κ1) is 20.2. The molecule has 1 fully saturated rings. The first-order valence-corrected chi connectivity index (χ1v) is 10.6. The van der Waals surface area contributed by atoms with Crippen molar-refractivity contribution in [3.8, 4) is 16.9 Å². The van der Waals surface area contributed by atoms with Gasteiger partial charge in [-0.1, -0.05) is 0 Å². The van der Waals surface area contributed by atoms with Gasteiger partial charge in [0.2, 0.25) is 0 Å². The molecular weight excluding hydrogens is 378 g/mol. The fourth-order valence-corrected chi connectivity index (χ4v) is 4.26. The van der Waals surface area contributed by atoms with E-state index >= 15 is 0 Å². The molecule has 3 aromatic heterocycles. The molecular formula is C23H29N5O2. The van der Waals surface area contributed by atoms with E-state index in [2.05, 4.69) is 21.5 Å². The van der Waals surface area contributed by atoms with E-state index in [1.807, 2.05) is 44.8 Å². The van der Waals surface area contributed by atoms with Gasteiger partial charge in [-0.05, 0) is 56.2 Å². The molecule has 30 heavy (non-hydrogen) atoms. The Hall–Kier alpha value is -3.09. The van der Waals surface area contributed by atoms with Crippen LogP contribution < -0.4 is 15.6 Å². The molecule has 3 aromatic rings. The zero-order valence-electron chi connectivity index (χ0n) is 17.8. The van der Waals surface area contributed by atoms with Crippen molar-refractivity contribution in [3.05, 3.63) is 59.0 Å². The van der Waals surface area contributed by atoms with Crippen molar-refractivity contribution in [2.75, 3.05) is 12.4 Å². The van der Waals surface area contributed by atoms with Gasteiger partial charge in [0.25, 0.3) is 5.56 Å². The van der Waals surface area contributed by atoms with Gasteiger partial charge in [0.15, 0.2) is 0 Å². The van der Waals surface area contributed by atoms with E-state index in [1.54, 1.807) is 22.6 Å². The van der Waals surface area contributed by atoms with Crippen molar-refractivity contribution in [3.63, 3.8) is 0 Å². The standard InChI is InChI=1S/C23H29N5O2/c1-4-28-15-18(19-12-25-27(2)14-19)10-22(23(28)29)26-20-7-5-16(6-8-20)17-9-21(30-3)13-24-11-17/h9-16,20,26H,4-8H2,1-3H3. The van der Waals surface area contributed by atoms with E-state index in [1.165, 1.54) is 5.56 Å². The van der Waals surface area contributed by atoms with E-state index in [-0.39, 0.29) is 5.56 Å². The molecule has 1 aliphatic carbocycles. The van der Waals surface area contributed by atoms with Crippen molar-refractivity contribution in [1.29, 1.82) is 0 Å². The number of rotatable bonds is 6. The van der Waals surface area contributed by atoms with Gasteiger partial charge in [0.05, 0.1) is 19.5 Å². The highest BCUT2D eigenvalue weighted by atomic mass is 16.5. The number of hydrogen-bond acceptors (Lipinski definition) is 5. The first-order chi connectivity index (χ1) is 14.6. The topological polar surface area (TPSA) is 74.0 Å². The molecule has 0 atom stereocenters. The van der Waals surface area contributed by atoms with Gasteiger partial charge >= 0.3 is 0 Å². The molecule has 0 saturated heterocycles. The number of nitrogens with zero attached hydrogens (tertiary/aromatic N) is 4. The van der Waals surface area contributed by atoms with Gasteiger partial charge in [0, 0.05) is 49.4 Å². The summed E-state index contributed by atoms with van der Waals surface area (Å²) in [5.41, 5.74) is 3.95. The monoisotopic (exact) mass is 407 g/mol. The third-order valence-electron chi connectivity index (χ3n) is 5.99. The minimum Gasteiger partial charge on any atom is -0.495 e. The quantitative estimate of drug-likeness (QED) is 0.673. The highest BCUT2D eigenvalue weighted by Crippen LogP contribution is 2.34. The summed E-state index contributed by atoms with van der Waals surface area (Å²) in [6.07, 6.45) is 13.6. The van der Waals surface area contributed by atoms with Gasteiger partial charge < -0.3 is 14.6 Å². The summed E-state index contributed by atoms with van der Waals surface area (Å²) in [5, 5.41) is 7.80. The molecule has 1 saturated carbocycles. The lowest BCUT2D eigenvalue weighted by atomic mass is 9.82. The minimum absolute atomic E-state index is 0.0317. The Morgan fingerprint density at radius 3 is 2.57 bits per heavy atom. The second kappa shape index (κ2) is 8.73. The van der Waals surface area contributed by atoms with Crippen LogP contribution in [-0.4, -0.2) is 32.5 Å². The number of anilines is 1. The maximum Gasteiger partial charge on any atom is 0.273 e. The second-order valence-corrected chi connectivity index (χ2v) is 7.99. The predicted molar refractivity (Wildman–Crippen MR) is 118 cm³/mol. The summed E-state index contributed by atoms with van der Waals surface area (Å²) in [6.45, 7) is 2.63. The number of hydrogen-bond donors (Lipinski definition) is 1. The summed E-state index contributed by atoms with van der Waals surface area (Å²) < 4.78 is 8.85. The largest absolute Gasteiger partial charge is 0.495 e. The lowest BCUT2D eigenvalue weighted by Crippen LogP contribution is -2.30. The Bertz CT molecular complexity index is 1060. The third-order valence-corrected chi connectivity index (χ3v) is 5.99. The maximum absolute atomic E-state index is 12.9. The van der Waals surface area contributed by atoms with Crippen LogP contribution in [0.2, 0.25) is 0 Å². The molecule has 158 valence electrons. The molecule has 0 amide bonds. The number of methoxy groups -OCH3 is 1. The number of aromatic nitrogens is 4. The summed E-state index contributed by atoms with van der Waals surface area (Å²) in [5.74, 6) is 1.29. The van der Waals surface area contributed by atoms with Crippen LogP contribution in [0.25, 0.3) is 11.1 Å². The summed E-state index contributed by atoms with van der Waals surface area (Å²) >= 11 is 0. The van der Waals surface area contributed by atoms with Crippen LogP contribution in [-0.2, 0) is 13.6 Å². The van der Waals surface area contributed by atoms with Crippen LogP contribution >= 0.6 is 0 Å². The van der Waals surface area contributed by atoms with E-state index in [0.29, 0.717) is 24.2 Å². The van der Waals surface area contributed by atoms with E-state index in [4.69, 9.17) is 4.74 Å². The van der Waals surface area contributed by atoms with Crippen molar-refractivity contribution in [1.82, 2.24) is 19.3 Å². The maximum atomic E-state index is 12.9. The fraction of sp³-hybridized carbons (Fsp3) is 0.435. The molecule has 0 bridgehead atoms. The van der Waals surface area contributed by atoms with Crippen molar-refractivity contribution < 1.29 is 4.74 Å². The van der Waals surface area contributed by atoms with Crippen LogP contribution in [0.4, 0.5) is 5.69 Å². The van der Waals surface area contributed by atoms with Gasteiger partial charge in [-0.2, -0.15) is 5.10 Å². The third kappa shape index (κ3) is 4.25. The Morgan fingerprint density at radius 1 is 1.10 bits per heavy atom. The molecule has 1 N–H and O–H groups in total. The fourth-order valence-electron chi connectivity index (χ4n) is 4.26. The number of aryl methyl sites for hydroxylation is 2. The SMILES string of the molecule is CCn1cc(-c2cnn(C)c2)cc(NC2CCC(c3cncc(OC)c3)CC2)c1=O. The summed E-state index contributed by atoms with van der Waals surface area (Å²) in [4.78, 5) is 17.2. The molecule has 0 unspecified atom stereocenters. The first-order valence-electron chi connectivity index (χ1n) is 10.6. The minimum atomic E-state index is 0.0317. The van der Waals surface area contributed by atoms with E-state index in [0.717, 1.165) is 42.6 Å². The molecule has 0 spiro atoms. The molecule has 7 nitrogen and oxygen atoms in total. The average molecular weight is 408 g/mol. The lowest BCUT2D eigenvalue weighted by molar-refractivity contribution is 0.399. The lowest BCUT2D eigenvalue weighted by Gasteiger charge is -2.30. The van der Waals surface area contributed by atoms with E-state index < -0.39 is 0 Å². The molecule has 0 aromatic carbocycles. The van der Waals surface area contributed by atoms with Crippen LogP contribution in [0.15, 0.2) is 47.9 Å². The normalized spacial score (nSPS) is 18.9. The van der Waals surface area contributed by atoms with Gasteiger partial charge in [-0.3, -0.25) is 14.5 Å². The highest BCUT2D eigenvalue weighted by Gasteiger charge is 2.24. The summed E-state index contributed by atoms with van der Waals surface area (Å²) in [7, 11) is 3.57. The Balaban J connectivity index is 1.49. The Morgan fingerprint density at radius 2 is 1.90 bits per heavy atom. The number of nitrogens with one attached hydrogen (secondary N) is 1. The van der Waals surface area contributed by atoms with Crippen LogP contribution in [0.5, 0.6) is 5.75 Å². The molecule has 1 aliphatic rings. The predicted octanol–water partition coefficient (Wildman–Crippen LogP) is 3.81. The van der Waals surface area contributed by atoms with Gasteiger partial charge in [-0.15, -0.1) is 0 Å². The van der Waals surface area contributed by atoms with Gasteiger partial charge in [-0.25, -0.2) is 0 Å². The van der Waals surface area contributed by atoms with Gasteiger partial charge in [0.1, 0.15) is 11.4 Å². The van der Waals surface area contributed by atoms with E-state index in [9.17, 15) is 4.79 Å². The van der Waals surface area contributed by atoms with Crippen LogP contribution in [0.1, 0.15) is 44.1 Å². The molecule has 3 heterocycles. The zero-order valence-corrected chi connectivity index (χ0v) is 17.8. The average Bonchev–Trinajstić information content (AvgIpc) is 3.22.